The maximum absolute atomic E-state index is 12.3. The number of nitriles is 1. The summed E-state index contributed by atoms with van der Waals surface area (Å²) < 4.78 is 5.11. The predicted molar refractivity (Wildman–Crippen MR) is 118 cm³/mol. The van der Waals surface area contributed by atoms with Crippen LogP contribution in [0.1, 0.15) is 55.2 Å². The van der Waals surface area contributed by atoms with Crippen molar-refractivity contribution < 1.29 is 14.3 Å². The number of hydrogen-bond acceptors (Lipinski definition) is 5. The second-order valence-electron chi connectivity index (χ2n) is 8.82. The highest BCUT2D eigenvalue weighted by Gasteiger charge is 2.32. The Balaban J connectivity index is 1.55. The van der Waals surface area contributed by atoms with Gasteiger partial charge in [0, 0.05) is 11.3 Å². The summed E-state index contributed by atoms with van der Waals surface area (Å²) in [7, 11) is 0. The van der Waals surface area contributed by atoms with E-state index in [1.807, 2.05) is 30.3 Å². The van der Waals surface area contributed by atoms with Gasteiger partial charge < -0.3 is 10.1 Å². The number of esters is 1. The molecule has 0 unspecified atom stereocenters. The van der Waals surface area contributed by atoms with Gasteiger partial charge in [0.2, 0.25) is 0 Å². The molecule has 30 heavy (non-hydrogen) atoms. The molecule has 158 valence electrons. The molecule has 1 heterocycles. The number of thiophene rings is 1. The summed E-state index contributed by atoms with van der Waals surface area (Å²) in [4.78, 5) is 25.4. The van der Waals surface area contributed by atoms with Gasteiger partial charge in [-0.05, 0) is 48.1 Å². The van der Waals surface area contributed by atoms with Crippen LogP contribution < -0.4 is 5.32 Å². The average Bonchev–Trinajstić information content (AvgIpc) is 3.06. The van der Waals surface area contributed by atoms with Gasteiger partial charge in [-0.25, -0.2) is 0 Å². The third-order valence-corrected chi connectivity index (χ3v) is 6.85. The third kappa shape index (κ3) is 5.48. The first-order valence-electron chi connectivity index (χ1n) is 10.3. The van der Waals surface area contributed by atoms with Crippen molar-refractivity contribution in [1.29, 1.82) is 5.26 Å². The minimum atomic E-state index is -0.412. The highest BCUT2D eigenvalue weighted by atomic mass is 32.1. The van der Waals surface area contributed by atoms with Gasteiger partial charge >= 0.3 is 5.97 Å². The molecule has 0 saturated heterocycles. The lowest BCUT2D eigenvalue weighted by atomic mass is 9.72. The number of ether oxygens (including phenoxy) is 1. The molecule has 0 aliphatic heterocycles. The summed E-state index contributed by atoms with van der Waals surface area (Å²) in [6, 6.07) is 11.9. The molecule has 0 bridgehead atoms. The minimum absolute atomic E-state index is 0.214. The zero-order valence-corrected chi connectivity index (χ0v) is 18.6. The Hall–Kier alpha value is -2.65. The van der Waals surface area contributed by atoms with Crippen LogP contribution in [0, 0.1) is 22.7 Å². The molecule has 1 amide bonds. The molecule has 1 aromatic carbocycles. The van der Waals surface area contributed by atoms with Crippen molar-refractivity contribution >= 4 is 28.2 Å². The van der Waals surface area contributed by atoms with Gasteiger partial charge in [-0.3, -0.25) is 9.59 Å². The number of fused-ring (bicyclic) bond motifs is 1. The first-order chi connectivity index (χ1) is 14.3. The Morgan fingerprint density at radius 1 is 1.27 bits per heavy atom. The second-order valence-corrected chi connectivity index (χ2v) is 9.93. The number of benzene rings is 1. The molecule has 2 aromatic rings. The molecule has 1 aliphatic carbocycles. The van der Waals surface area contributed by atoms with E-state index in [0.29, 0.717) is 22.9 Å². The van der Waals surface area contributed by atoms with E-state index in [1.54, 1.807) is 0 Å². The maximum atomic E-state index is 12.3. The highest BCUT2D eigenvalue weighted by Crippen LogP contribution is 2.43. The van der Waals surface area contributed by atoms with Gasteiger partial charge in [0.1, 0.15) is 11.1 Å². The fourth-order valence-electron chi connectivity index (χ4n) is 3.80. The van der Waals surface area contributed by atoms with E-state index in [2.05, 4.69) is 32.2 Å². The van der Waals surface area contributed by atoms with Gasteiger partial charge in [-0.1, -0.05) is 51.1 Å². The topological polar surface area (TPSA) is 79.2 Å². The van der Waals surface area contributed by atoms with Crippen LogP contribution in [0.2, 0.25) is 0 Å². The first kappa shape index (κ1) is 22.0. The molecule has 0 radical (unpaired) electrons. The first-order valence-corrected chi connectivity index (χ1v) is 11.1. The SMILES string of the molecule is CC(C)(C)[C@H]1CCc2c(sc(NC(=O)COC(=O)CCc3ccccc3)c2C#N)C1. The molecule has 0 spiro atoms. The summed E-state index contributed by atoms with van der Waals surface area (Å²) >= 11 is 1.48. The number of nitrogens with one attached hydrogen (secondary N) is 1. The van der Waals surface area contributed by atoms with Gasteiger partial charge in [0.05, 0.1) is 5.56 Å². The van der Waals surface area contributed by atoms with Gasteiger partial charge in [0.25, 0.3) is 5.91 Å². The van der Waals surface area contributed by atoms with E-state index < -0.39 is 11.9 Å². The van der Waals surface area contributed by atoms with Crippen molar-refractivity contribution in [1.82, 2.24) is 0 Å². The van der Waals surface area contributed by atoms with Crippen LogP contribution in [-0.2, 0) is 33.6 Å². The van der Waals surface area contributed by atoms with Crippen molar-refractivity contribution in [2.24, 2.45) is 11.3 Å². The fraction of sp³-hybridized carbons (Fsp3) is 0.458. The van der Waals surface area contributed by atoms with Crippen LogP contribution in [0.15, 0.2) is 30.3 Å². The molecule has 0 saturated carbocycles. The Morgan fingerprint density at radius 2 is 2.00 bits per heavy atom. The summed E-state index contributed by atoms with van der Waals surface area (Å²) in [5.41, 5.74) is 2.89. The Bertz CT molecular complexity index is 951. The number of rotatable bonds is 6. The van der Waals surface area contributed by atoms with Crippen LogP contribution in [0.25, 0.3) is 0 Å². The van der Waals surface area contributed by atoms with Crippen LogP contribution in [0.4, 0.5) is 5.00 Å². The molecule has 0 fully saturated rings. The van der Waals surface area contributed by atoms with Crippen LogP contribution in [0.3, 0.4) is 0 Å². The quantitative estimate of drug-likeness (QED) is 0.670. The zero-order chi connectivity index (χ0) is 21.7. The largest absolute Gasteiger partial charge is 0.456 e. The van der Waals surface area contributed by atoms with E-state index in [1.165, 1.54) is 16.2 Å². The number of carbonyl (C=O) groups is 2. The lowest BCUT2D eigenvalue weighted by molar-refractivity contribution is -0.147. The number of aryl methyl sites for hydroxylation is 1. The molecule has 6 heteroatoms. The lowest BCUT2D eigenvalue weighted by Gasteiger charge is -2.33. The molecular weight excluding hydrogens is 396 g/mol. The summed E-state index contributed by atoms with van der Waals surface area (Å²) in [6.45, 7) is 6.40. The maximum Gasteiger partial charge on any atom is 0.306 e. The van der Waals surface area contributed by atoms with Crippen molar-refractivity contribution in [3.63, 3.8) is 0 Å². The zero-order valence-electron chi connectivity index (χ0n) is 17.8. The number of carbonyl (C=O) groups excluding carboxylic acids is 2. The highest BCUT2D eigenvalue weighted by molar-refractivity contribution is 7.16. The van der Waals surface area contributed by atoms with Crippen molar-refractivity contribution in [2.45, 2.75) is 52.9 Å². The number of amides is 1. The lowest BCUT2D eigenvalue weighted by Crippen LogP contribution is -2.26. The van der Waals surface area contributed by atoms with Crippen LogP contribution >= 0.6 is 11.3 Å². The number of hydrogen-bond donors (Lipinski definition) is 1. The molecule has 5 nitrogen and oxygen atoms in total. The fourth-order valence-corrected chi connectivity index (χ4v) is 5.10. The molecule has 1 atom stereocenters. The van der Waals surface area contributed by atoms with E-state index >= 15 is 0 Å². The molecule has 1 aliphatic rings. The Labute approximate surface area is 182 Å². The molecule has 1 N–H and O–H groups in total. The summed E-state index contributed by atoms with van der Waals surface area (Å²) in [5, 5.41) is 13.0. The molecule has 1 aromatic heterocycles. The van der Waals surface area contributed by atoms with Gasteiger partial charge in [0.15, 0.2) is 6.61 Å². The Kier molecular flexibility index (Phi) is 6.94. The summed E-state index contributed by atoms with van der Waals surface area (Å²) in [6.07, 6.45) is 3.65. The van der Waals surface area contributed by atoms with Crippen LogP contribution in [-0.4, -0.2) is 18.5 Å². The van der Waals surface area contributed by atoms with E-state index in [-0.39, 0.29) is 18.4 Å². The van der Waals surface area contributed by atoms with Crippen molar-refractivity contribution in [3.8, 4) is 6.07 Å². The molecular formula is C24H28N2O3S. The predicted octanol–water partition coefficient (Wildman–Crippen LogP) is 4.89. The minimum Gasteiger partial charge on any atom is -0.456 e. The number of anilines is 1. The second kappa shape index (κ2) is 9.44. The number of nitrogens with zero attached hydrogens (tertiary/aromatic N) is 1. The average molecular weight is 425 g/mol. The van der Waals surface area contributed by atoms with E-state index in [0.717, 1.165) is 30.4 Å². The van der Waals surface area contributed by atoms with Gasteiger partial charge in [-0.2, -0.15) is 5.26 Å². The van der Waals surface area contributed by atoms with Crippen molar-refractivity contribution in [2.75, 3.05) is 11.9 Å². The standard InChI is InChI=1S/C24H28N2O3S/c1-24(2,3)17-10-11-18-19(14-25)23(30-20(18)13-17)26-21(27)15-29-22(28)12-9-16-7-5-4-6-8-16/h4-8,17H,9-13,15H2,1-3H3,(H,26,27)/t17-/m0/s1. The summed E-state index contributed by atoms with van der Waals surface area (Å²) in [5.74, 6) is -0.261. The third-order valence-electron chi connectivity index (χ3n) is 5.68. The van der Waals surface area contributed by atoms with Gasteiger partial charge in [-0.15, -0.1) is 11.3 Å². The van der Waals surface area contributed by atoms with E-state index in [9.17, 15) is 14.9 Å². The van der Waals surface area contributed by atoms with Crippen molar-refractivity contribution in [3.05, 3.63) is 51.9 Å². The monoisotopic (exact) mass is 424 g/mol. The smallest absolute Gasteiger partial charge is 0.306 e. The normalized spacial score (nSPS) is 15.7. The van der Waals surface area contributed by atoms with E-state index in [4.69, 9.17) is 4.74 Å². The molecule has 3 rings (SSSR count). The van der Waals surface area contributed by atoms with Crippen LogP contribution in [0.5, 0.6) is 0 Å². The Morgan fingerprint density at radius 3 is 2.67 bits per heavy atom.